The first-order chi connectivity index (χ1) is 8.62. The quantitative estimate of drug-likeness (QED) is 0.774. The normalized spacial score (nSPS) is 21.7. The van der Waals surface area contributed by atoms with E-state index in [0.29, 0.717) is 18.5 Å². The molecule has 1 aliphatic heterocycles. The van der Waals surface area contributed by atoms with E-state index < -0.39 is 17.4 Å². The lowest BCUT2D eigenvalue weighted by molar-refractivity contribution is -0.121. The van der Waals surface area contributed by atoms with E-state index in [1.54, 1.807) is 6.07 Å². The first kappa shape index (κ1) is 11.2. The molecule has 1 aromatic rings. The van der Waals surface area contributed by atoms with Gasteiger partial charge < -0.3 is 5.32 Å². The highest BCUT2D eigenvalue weighted by Gasteiger charge is 2.52. The number of carbonyl (C=O) groups excluding carboxylic acids is 2. The molecule has 1 aliphatic carbocycles. The Morgan fingerprint density at radius 2 is 1.94 bits per heavy atom. The molecule has 1 saturated heterocycles. The molecule has 1 saturated carbocycles. The highest BCUT2D eigenvalue weighted by Crippen LogP contribution is 2.36. The minimum atomic E-state index is -0.747. The summed E-state index contributed by atoms with van der Waals surface area (Å²) in [5.41, 5.74) is -0.454. The molecule has 1 heterocycles. The molecule has 18 heavy (non-hydrogen) atoms. The van der Waals surface area contributed by atoms with E-state index in [9.17, 15) is 14.0 Å². The SMILES string of the molecule is O=C1NC2(CCCC2)C(=O)N1c1cccc(F)c1. The van der Waals surface area contributed by atoms with Crippen molar-refractivity contribution < 1.29 is 14.0 Å². The molecule has 2 aliphatic rings. The smallest absolute Gasteiger partial charge is 0.323 e. The third kappa shape index (κ3) is 1.50. The number of amides is 3. The number of nitrogens with zero attached hydrogens (tertiary/aromatic N) is 1. The lowest BCUT2D eigenvalue weighted by Crippen LogP contribution is -2.44. The number of carbonyl (C=O) groups is 2. The fourth-order valence-corrected chi connectivity index (χ4v) is 2.79. The summed E-state index contributed by atoms with van der Waals surface area (Å²) in [6.45, 7) is 0. The van der Waals surface area contributed by atoms with E-state index in [-0.39, 0.29) is 5.91 Å². The number of halogens is 1. The van der Waals surface area contributed by atoms with Crippen molar-refractivity contribution in [3.63, 3.8) is 0 Å². The van der Waals surface area contributed by atoms with Crippen molar-refractivity contribution in [2.45, 2.75) is 31.2 Å². The van der Waals surface area contributed by atoms with Gasteiger partial charge in [-0.05, 0) is 31.0 Å². The van der Waals surface area contributed by atoms with Gasteiger partial charge >= 0.3 is 6.03 Å². The van der Waals surface area contributed by atoms with Gasteiger partial charge in [0.05, 0.1) is 5.69 Å². The molecule has 0 atom stereocenters. The Hall–Kier alpha value is -1.91. The van der Waals surface area contributed by atoms with Crippen molar-refractivity contribution in [3.05, 3.63) is 30.1 Å². The minimum absolute atomic E-state index is 0.254. The van der Waals surface area contributed by atoms with Crippen molar-refractivity contribution in [2.24, 2.45) is 0 Å². The molecule has 2 fully saturated rings. The molecular weight excluding hydrogens is 235 g/mol. The van der Waals surface area contributed by atoms with Crippen molar-refractivity contribution in [3.8, 4) is 0 Å². The van der Waals surface area contributed by atoms with Crippen LogP contribution in [0.4, 0.5) is 14.9 Å². The largest absolute Gasteiger partial charge is 0.329 e. The van der Waals surface area contributed by atoms with Crippen molar-refractivity contribution in [1.82, 2.24) is 5.32 Å². The maximum Gasteiger partial charge on any atom is 0.329 e. The van der Waals surface area contributed by atoms with Crippen LogP contribution in [0.15, 0.2) is 24.3 Å². The molecule has 5 heteroatoms. The Morgan fingerprint density at radius 1 is 1.22 bits per heavy atom. The van der Waals surface area contributed by atoms with Crippen LogP contribution >= 0.6 is 0 Å². The first-order valence-electron chi connectivity index (χ1n) is 6.05. The van der Waals surface area contributed by atoms with Crippen molar-refractivity contribution in [2.75, 3.05) is 4.90 Å². The monoisotopic (exact) mass is 248 g/mol. The van der Waals surface area contributed by atoms with Crippen LogP contribution in [0, 0.1) is 5.82 Å². The molecule has 0 radical (unpaired) electrons. The van der Waals surface area contributed by atoms with Gasteiger partial charge in [-0.3, -0.25) is 4.79 Å². The predicted octanol–water partition coefficient (Wildman–Crippen LogP) is 2.19. The second-order valence-electron chi connectivity index (χ2n) is 4.84. The second-order valence-corrected chi connectivity index (χ2v) is 4.84. The molecule has 0 unspecified atom stereocenters. The number of hydrogen-bond donors (Lipinski definition) is 1. The standard InChI is InChI=1S/C13H13FN2O2/c14-9-4-3-5-10(8-9)16-11(17)13(15-12(16)18)6-1-2-7-13/h3-5,8H,1-2,6-7H2,(H,15,18). The van der Waals surface area contributed by atoms with Gasteiger partial charge in [0.2, 0.25) is 0 Å². The van der Waals surface area contributed by atoms with Gasteiger partial charge in [0.25, 0.3) is 5.91 Å². The summed E-state index contributed by atoms with van der Waals surface area (Å²) in [5.74, 6) is -0.712. The molecular formula is C13H13FN2O2. The van der Waals surface area contributed by atoms with Gasteiger partial charge in [0.1, 0.15) is 11.4 Å². The minimum Gasteiger partial charge on any atom is -0.323 e. The Kier molecular flexibility index (Phi) is 2.36. The lowest BCUT2D eigenvalue weighted by atomic mass is 9.98. The van der Waals surface area contributed by atoms with Gasteiger partial charge in [-0.1, -0.05) is 18.9 Å². The fourth-order valence-electron chi connectivity index (χ4n) is 2.79. The summed E-state index contributed by atoms with van der Waals surface area (Å²) in [4.78, 5) is 25.4. The van der Waals surface area contributed by atoms with Gasteiger partial charge in [0, 0.05) is 0 Å². The van der Waals surface area contributed by atoms with E-state index in [1.165, 1.54) is 18.2 Å². The summed E-state index contributed by atoms with van der Waals surface area (Å²) in [5, 5.41) is 2.76. The summed E-state index contributed by atoms with van der Waals surface area (Å²) in [6.07, 6.45) is 3.21. The highest BCUT2D eigenvalue weighted by molar-refractivity contribution is 6.23. The summed E-state index contributed by atoms with van der Waals surface area (Å²) >= 11 is 0. The number of urea groups is 1. The van der Waals surface area contributed by atoms with Crippen LogP contribution in [0.3, 0.4) is 0 Å². The zero-order chi connectivity index (χ0) is 12.8. The number of benzene rings is 1. The number of hydrogen-bond acceptors (Lipinski definition) is 2. The third-order valence-electron chi connectivity index (χ3n) is 3.69. The van der Waals surface area contributed by atoms with Crippen LogP contribution in [-0.2, 0) is 4.79 Å². The molecule has 1 aromatic carbocycles. The molecule has 94 valence electrons. The Balaban J connectivity index is 1.98. The molecule has 4 nitrogen and oxygen atoms in total. The van der Waals surface area contributed by atoms with Crippen LogP contribution in [0.1, 0.15) is 25.7 Å². The predicted molar refractivity (Wildman–Crippen MR) is 63.6 cm³/mol. The van der Waals surface area contributed by atoms with Crippen LogP contribution in [0.5, 0.6) is 0 Å². The van der Waals surface area contributed by atoms with E-state index in [2.05, 4.69) is 5.32 Å². The van der Waals surface area contributed by atoms with Gasteiger partial charge in [0.15, 0.2) is 0 Å². The summed E-state index contributed by atoms with van der Waals surface area (Å²) in [7, 11) is 0. The van der Waals surface area contributed by atoms with Crippen LogP contribution in [-0.4, -0.2) is 17.5 Å². The zero-order valence-corrected chi connectivity index (χ0v) is 9.78. The maximum atomic E-state index is 13.2. The molecule has 1 N–H and O–H groups in total. The average molecular weight is 248 g/mol. The Morgan fingerprint density at radius 3 is 2.61 bits per heavy atom. The van der Waals surface area contributed by atoms with Crippen LogP contribution in [0.2, 0.25) is 0 Å². The molecule has 3 amide bonds. The van der Waals surface area contributed by atoms with Crippen LogP contribution < -0.4 is 10.2 Å². The summed E-state index contributed by atoms with van der Waals surface area (Å²) < 4.78 is 13.2. The Labute approximate surface area is 104 Å². The van der Waals surface area contributed by atoms with Gasteiger partial charge in [-0.2, -0.15) is 0 Å². The maximum absolute atomic E-state index is 13.2. The first-order valence-corrected chi connectivity index (χ1v) is 6.05. The van der Waals surface area contributed by atoms with Crippen LogP contribution in [0.25, 0.3) is 0 Å². The summed E-state index contributed by atoms with van der Waals surface area (Å²) in [6, 6.07) is 5.09. The number of imide groups is 1. The molecule has 1 spiro atoms. The van der Waals surface area contributed by atoms with Crippen molar-refractivity contribution in [1.29, 1.82) is 0 Å². The van der Waals surface area contributed by atoms with E-state index in [0.717, 1.165) is 17.7 Å². The number of anilines is 1. The molecule has 0 bridgehead atoms. The topological polar surface area (TPSA) is 49.4 Å². The second kappa shape index (κ2) is 3.80. The molecule has 0 aromatic heterocycles. The Bertz CT molecular complexity index is 523. The van der Waals surface area contributed by atoms with Gasteiger partial charge in [-0.15, -0.1) is 0 Å². The van der Waals surface area contributed by atoms with Crippen molar-refractivity contribution >= 4 is 17.6 Å². The average Bonchev–Trinajstić information content (AvgIpc) is 2.87. The highest BCUT2D eigenvalue weighted by atomic mass is 19.1. The lowest BCUT2D eigenvalue weighted by Gasteiger charge is -2.19. The number of nitrogens with one attached hydrogen (secondary N) is 1. The van der Waals surface area contributed by atoms with Gasteiger partial charge in [-0.25, -0.2) is 14.1 Å². The zero-order valence-electron chi connectivity index (χ0n) is 9.78. The fraction of sp³-hybridized carbons (Fsp3) is 0.385. The van der Waals surface area contributed by atoms with E-state index >= 15 is 0 Å². The molecule has 3 rings (SSSR count). The number of rotatable bonds is 1. The van der Waals surface area contributed by atoms with E-state index in [1.807, 2.05) is 0 Å². The van der Waals surface area contributed by atoms with E-state index in [4.69, 9.17) is 0 Å². The third-order valence-corrected chi connectivity index (χ3v) is 3.69.